The van der Waals surface area contributed by atoms with E-state index in [1.165, 1.54) is 10.9 Å². The summed E-state index contributed by atoms with van der Waals surface area (Å²) in [5.41, 5.74) is 4.93. The molecule has 5 nitrogen and oxygen atoms in total. The van der Waals surface area contributed by atoms with E-state index in [1.54, 1.807) is 12.1 Å². The molecular weight excluding hydrogens is 372 g/mol. The lowest BCUT2D eigenvalue weighted by Gasteiger charge is -2.12. The van der Waals surface area contributed by atoms with Crippen molar-refractivity contribution in [2.45, 2.75) is 13.3 Å². The molecule has 150 valence electrons. The van der Waals surface area contributed by atoms with Crippen LogP contribution in [0, 0.1) is 6.92 Å². The predicted octanol–water partition coefficient (Wildman–Crippen LogP) is 4.92. The zero-order valence-corrected chi connectivity index (χ0v) is 16.9. The van der Waals surface area contributed by atoms with E-state index in [0.717, 1.165) is 23.2 Å². The number of hydrogen-bond donors (Lipinski definition) is 3. The number of aliphatic imine (C=N–C) groups is 1. The topological polar surface area (TPSA) is 69.3 Å². The second kappa shape index (κ2) is 9.09. The summed E-state index contributed by atoms with van der Waals surface area (Å²) in [6, 6.07) is 25.3. The van der Waals surface area contributed by atoms with Crippen molar-refractivity contribution in [3.05, 3.63) is 102 Å². The number of amides is 1. The molecule has 4 aromatic rings. The number of aryl methyl sites for hydroxylation is 1. The Morgan fingerprint density at radius 3 is 2.60 bits per heavy atom. The van der Waals surface area contributed by atoms with Gasteiger partial charge in [-0.05, 0) is 54.8 Å². The van der Waals surface area contributed by atoms with Gasteiger partial charge in [-0.3, -0.25) is 15.1 Å². The first kappa shape index (κ1) is 19.5. The number of nitrogens with one attached hydrogen (secondary N) is 3. The first-order chi connectivity index (χ1) is 14.7. The summed E-state index contributed by atoms with van der Waals surface area (Å²) in [5, 5.41) is 7.36. The monoisotopic (exact) mass is 396 g/mol. The van der Waals surface area contributed by atoms with Crippen molar-refractivity contribution in [2.24, 2.45) is 4.99 Å². The molecule has 0 fully saturated rings. The van der Waals surface area contributed by atoms with Crippen molar-refractivity contribution in [3.63, 3.8) is 0 Å². The first-order valence-corrected chi connectivity index (χ1v) is 9.98. The number of carbonyl (C=O) groups excluding carboxylic acids is 1. The quantitative estimate of drug-likeness (QED) is 0.331. The highest BCUT2D eigenvalue weighted by molar-refractivity contribution is 6.09. The molecular formula is C25H24N4O. The van der Waals surface area contributed by atoms with Crippen LogP contribution in [0.2, 0.25) is 0 Å². The summed E-state index contributed by atoms with van der Waals surface area (Å²) in [7, 11) is 0. The fourth-order valence-electron chi connectivity index (χ4n) is 3.37. The molecule has 30 heavy (non-hydrogen) atoms. The van der Waals surface area contributed by atoms with Gasteiger partial charge >= 0.3 is 0 Å². The number of carbonyl (C=O) groups is 1. The lowest BCUT2D eigenvalue weighted by atomic mass is 10.1. The number of guanidine groups is 1. The molecule has 0 atom stereocenters. The SMILES string of the molecule is Cc1cccc(NC(=NCCc2c[nH]c3ccccc23)NC(=O)c2ccccc2)c1. The Hall–Kier alpha value is -3.86. The number of rotatable bonds is 5. The lowest BCUT2D eigenvalue weighted by molar-refractivity contribution is 0.0977. The van der Waals surface area contributed by atoms with Crippen LogP contribution in [0.5, 0.6) is 0 Å². The molecule has 1 aromatic heterocycles. The Bertz CT molecular complexity index is 1180. The van der Waals surface area contributed by atoms with Gasteiger partial charge < -0.3 is 10.3 Å². The van der Waals surface area contributed by atoms with E-state index in [4.69, 9.17) is 0 Å². The molecule has 0 bridgehead atoms. The number of para-hydroxylation sites is 1. The van der Waals surface area contributed by atoms with E-state index in [0.29, 0.717) is 18.1 Å². The molecule has 1 heterocycles. The third kappa shape index (κ3) is 4.75. The molecule has 0 aliphatic carbocycles. The number of aromatic nitrogens is 1. The van der Waals surface area contributed by atoms with Crippen LogP contribution in [0.4, 0.5) is 5.69 Å². The molecule has 0 radical (unpaired) electrons. The van der Waals surface area contributed by atoms with Crippen LogP contribution >= 0.6 is 0 Å². The van der Waals surface area contributed by atoms with Crippen LogP contribution in [0.3, 0.4) is 0 Å². The van der Waals surface area contributed by atoms with Crippen molar-refractivity contribution in [1.82, 2.24) is 10.3 Å². The summed E-state index contributed by atoms with van der Waals surface area (Å²) >= 11 is 0. The number of H-pyrrole nitrogens is 1. The maximum absolute atomic E-state index is 12.6. The summed E-state index contributed by atoms with van der Waals surface area (Å²) in [5.74, 6) is 0.246. The van der Waals surface area contributed by atoms with Gasteiger partial charge in [0.25, 0.3) is 5.91 Å². The summed E-state index contributed by atoms with van der Waals surface area (Å²) < 4.78 is 0. The first-order valence-electron chi connectivity index (χ1n) is 9.98. The van der Waals surface area contributed by atoms with E-state index in [9.17, 15) is 4.79 Å². The van der Waals surface area contributed by atoms with Crippen molar-refractivity contribution >= 4 is 28.5 Å². The molecule has 0 unspecified atom stereocenters. The van der Waals surface area contributed by atoms with Gasteiger partial charge in [-0.15, -0.1) is 0 Å². The van der Waals surface area contributed by atoms with Crippen molar-refractivity contribution in [2.75, 3.05) is 11.9 Å². The van der Waals surface area contributed by atoms with Crippen LogP contribution in [-0.4, -0.2) is 23.4 Å². The van der Waals surface area contributed by atoms with Gasteiger partial charge in [-0.1, -0.05) is 48.5 Å². The van der Waals surface area contributed by atoms with E-state index < -0.39 is 0 Å². The Kier molecular flexibility index (Phi) is 5.90. The van der Waals surface area contributed by atoms with Crippen LogP contribution < -0.4 is 10.6 Å². The molecule has 0 saturated carbocycles. The van der Waals surface area contributed by atoms with Crippen LogP contribution in [0.1, 0.15) is 21.5 Å². The Morgan fingerprint density at radius 2 is 1.77 bits per heavy atom. The summed E-state index contributed by atoms with van der Waals surface area (Å²) in [6.45, 7) is 2.58. The molecule has 0 spiro atoms. The number of aromatic amines is 1. The normalized spacial score (nSPS) is 11.4. The minimum absolute atomic E-state index is 0.193. The maximum atomic E-state index is 12.6. The van der Waals surface area contributed by atoms with Gasteiger partial charge in [0, 0.05) is 34.9 Å². The Labute approximate surface area is 175 Å². The second-order valence-corrected chi connectivity index (χ2v) is 7.15. The lowest BCUT2D eigenvalue weighted by Crippen LogP contribution is -2.36. The number of hydrogen-bond acceptors (Lipinski definition) is 2. The predicted molar refractivity (Wildman–Crippen MR) is 123 cm³/mol. The van der Waals surface area contributed by atoms with Gasteiger partial charge in [-0.25, -0.2) is 0 Å². The zero-order chi connectivity index (χ0) is 20.8. The fraction of sp³-hybridized carbons (Fsp3) is 0.120. The minimum Gasteiger partial charge on any atom is -0.361 e. The average molecular weight is 396 g/mol. The molecule has 4 rings (SSSR count). The number of nitrogens with zero attached hydrogens (tertiary/aromatic N) is 1. The maximum Gasteiger partial charge on any atom is 0.257 e. The number of anilines is 1. The highest BCUT2D eigenvalue weighted by Gasteiger charge is 2.09. The highest BCUT2D eigenvalue weighted by Crippen LogP contribution is 2.18. The van der Waals surface area contributed by atoms with Gasteiger partial charge in [0.05, 0.1) is 0 Å². The molecule has 0 aliphatic rings. The van der Waals surface area contributed by atoms with Gasteiger partial charge in [0.1, 0.15) is 0 Å². The summed E-state index contributed by atoms with van der Waals surface area (Å²) in [6.07, 6.45) is 2.79. The van der Waals surface area contributed by atoms with E-state index >= 15 is 0 Å². The third-order valence-corrected chi connectivity index (χ3v) is 4.87. The number of fused-ring (bicyclic) bond motifs is 1. The molecule has 0 aliphatic heterocycles. The molecule has 5 heteroatoms. The molecule has 1 amide bonds. The largest absolute Gasteiger partial charge is 0.361 e. The second-order valence-electron chi connectivity index (χ2n) is 7.15. The molecule has 3 N–H and O–H groups in total. The smallest absolute Gasteiger partial charge is 0.257 e. The van der Waals surface area contributed by atoms with E-state index in [-0.39, 0.29) is 5.91 Å². The van der Waals surface area contributed by atoms with Crippen LogP contribution in [0.15, 0.2) is 90.1 Å². The zero-order valence-electron chi connectivity index (χ0n) is 16.9. The van der Waals surface area contributed by atoms with Crippen LogP contribution in [0.25, 0.3) is 10.9 Å². The van der Waals surface area contributed by atoms with Gasteiger partial charge in [0.15, 0.2) is 0 Å². The number of benzene rings is 3. The molecule has 0 saturated heterocycles. The summed E-state index contributed by atoms with van der Waals surface area (Å²) in [4.78, 5) is 20.6. The average Bonchev–Trinajstić information content (AvgIpc) is 3.17. The highest BCUT2D eigenvalue weighted by atomic mass is 16.1. The third-order valence-electron chi connectivity index (χ3n) is 4.87. The fourth-order valence-corrected chi connectivity index (χ4v) is 3.37. The van der Waals surface area contributed by atoms with Crippen molar-refractivity contribution in [3.8, 4) is 0 Å². The Balaban J connectivity index is 1.51. The van der Waals surface area contributed by atoms with Gasteiger partial charge in [-0.2, -0.15) is 0 Å². The standard InChI is InChI=1S/C25H24N4O/c1-18-8-7-11-21(16-18)28-25(29-24(30)19-9-3-2-4-10-19)26-15-14-20-17-27-23-13-6-5-12-22(20)23/h2-13,16-17,27H,14-15H2,1H3,(H2,26,28,29,30). The Morgan fingerprint density at radius 1 is 0.967 bits per heavy atom. The van der Waals surface area contributed by atoms with E-state index in [1.807, 2.05) is 67.7 Å². The van der Waals surface area contributed by atoms with Crippen molar-refractivity contribution < 1.29 is 4.79 Å². The van der Waals surface area contributed by atoms with Crippen LogP contribution in [-0.2, 0) is 6.42 Å². The van der Waals surface area contributed by atoms with E-state index in [2.05, 4.69) is 32.7 Å². The van der Waals surface area contributed by atoms with Crippen molar-refractivity contribution in [1.29, 1.82) is 0 Å². The minimum atomic E-state index is -0.193. The molecule has 3 aromatic carbocycles. The van der Waals surface area contributed by atoms with Gasteiger partial charge in [0.2, 0.25) is 5.96 Å².